The first kappa shape index (κ1) is 20.4. The molecule has 1 saturated heterocycles. The normalized spacial score (nSPS) is 23.3. The topological polar surface area (TPSA) is 78.7 Å². The van der Waals surface area contributed by atoms with Crippen molar-refractivity contribution < 1.29 is 22.8 Å². The predicted molar refractivity (Wildman–Crippen MR) is 97.0 cm³/mol. The molecule has 2 aliphatic rings. The molecule has 3 atom stereocenters. The highest BCUT2D eigenvalue weighted by Crippen LogP contribution is 2.37. The number of nitrogens with zero attached hydrogens (tertiary/aromatic N) is 2. The molecule has 28 heavy (non-hydrogen) atoms. The lowest BCUT2D eigenvalue weighted by Gasteiger charge is -2.39. The zero-order chi connectivity index (χ0) is 20.5. The summed E-state index contributed by atoms with van der Waals surface area (Å²) in [5, 5.41) is 2.62. The van der Waals surface area contributed by atoms with E-state index < -0.39 is 30.1 Å². The van der Waals surface area contributed by atoms with Gasteiger partial charge in [-0.2, -0.15) is 13.2 Å². The lowest BCUT2D eigenvalue weighted by atomic mass is 9.85. The summed E-state index contributed by atoms with van der Waals surface area (Å²) in [6.07, 6.45) is -4.50. The molecular formula is C19H25F3N4O2. The highest BCUT2D eigenvalue weighted by atomic mass is 19.4. The third-order valence-electron chi connectivity index (χ3n) is 5.61. The third kappa shape index (κ3) is 4.24. The maximum absolute atomic E-state index is 13.1. The maximum Gasteiger partial charge on any atom is 0.392 e. The average molecular weight is 398 g/mol. The molecule has 1 fully saturated rings. The van der Waals surface area contributed by atoms with Crippen LogP contribution in [0.3, 0.4) is 0 Å². The standard InChI is InChI=1S/C19H25F3N4O2/c1-12(17(27)26-9-13-4-2-3-5-14(13)10-26)24-18(28)25-7-6-16(19(20,21)22)15(8-23)11-25/h2-5,12,15-16H,6-11,23H2,1H3,(H,24,28)/t12-,15?,16?/m0/s1. The van der Waals surface area contributed by atoms with Gasteiger partial charge in [-0.15, -0.1) is 0 Å². The smallest absolute Gasteiger partial charge is 0.332 e. The molecule has 2 heterocycles. The van der Waals surface area contributed by atoms with E-state index >= 15 is 0 Å². The van der Waals surface area contributed by atoms with Gasteiger partial charge in [0.2, 0.25) is 5.91 Å². The molecule has 0 radical (unpaired) electrons. The van der Waals surface area contributed by atoms with Crippen LogP contribution < -0.4 is 11.1 Å². The van der Waals surface area contributed by atoms with Crippen LogP contribution in [0.15, 0.2) is 24.3 Å². The van der Waals surface area contributed by atoms with Crippen LogP contribution in [0.25, 0.3) is 0 Å². The van der Waals surface area contributed by atoms with E-state index in [1.807, 2.05) is 24.3 Å². The minimum absolute atomic E-state index is 0.0113. The molecule has 154 valence electrons. The summed E-state index contributed by atoms with van der Waals surface area (Å²) in [5.74, 6) is -2.55. The first-order chi connectivity index (χ1) is 13.2. The first-order valence-electron chi connectivity index (χ1n) is 9.38. The SMILES string of the molecule is C[C@H](NC(=O)N1CCC(C(F)(F)F)C(CN)C1)C(=O)N1Cc2ccccc2C1. The second kappa shape index (κ2) is 7.98. The number of likely N-dealkylation sites (tertiary alicyclic amines) is 1. The number of fused-ring (bicyclic) bond motifs is 1. The molecule has 2 unspecified atom stereocenters. The van der Waals surface area contributed by atoms with Crippen molar-refractivity contribution >= 4 is 11.9 Å². The second-order valence-electron chi connectivity index (χ2n) is 7.51. The number of carbonyl (C=O) groups is 2. The zero-order valence-corrected chi connectivity index (χ0v) is 15.7. The Labute approximate surface area is 161 Å². The van der Waals surface area contributed by atoms with Gasteiger partial charge in [-0.05, 0) is 31.0 Å². The van der Waals surface area contributed by atoms with Crippen molar-refractivity contribution in [1.29, 1.82) is 0 Å². The van der Waals surface area contributed by atoms with Gasteiger partial charge in [0.25, 0.3) is 0 Å². The highest BCUT2D eigenvalue weighted by molar-refractivity contribution is 5.87. The van der Waals surface area contributed by atoms with Crippen LogP contribution in [-0.2, 0) is 17.9 Å². The molecule has 1 aromatic rings. The van der Waals surface area contributed by atoms with E-state index in [4.69, 9.17) is 5.73 Å². The molecule has 1 aromatic carbocycles. The summed E-state index contributed by atoms with van der Waals surface area (Å²) < 4.78 is 39.2. The second-order valence-corrected chi connectivity index (χ2v) is 7.51. The molecule has 0 saturated carbocycles. The number of hydrogen-bond donors (Lipinski definition) is 2. The van der Waals surface area contributed by atoms with E-state index in [1.54, 1.807) is 11.8 Å². The monoisotopic (exact) mass is 398 g/mol. The fourth-order valence-electron chi connectivity index (χ4n) is 3.99. The number of rotatable bonds is 3. The number of urea groups is 1. The Balaban J connectivity index is 1.55. The Morgan fingerprint density at radius 3 is 2.36 bits per heavy atom. The number of piperidine rings is 1. The van der Waals surface area contributed by atoms with Crippen molar-refractivity contribution in [2.24, 2.45) is 17.6 Å². The molecule has 0 aromatic heterocycles. The molecule has 2 aliphatic heterocycles. The van der Waals surface area contributed by atoms with Crippen molar-refractivity contribution in [2.75, 3.05) is 19.6 Å². The van der Waals surface area contributed by atoms with Crippen molar-refractivity contribution in [3.8, 4) is 0 Å². The fourth-order valence-corrected chi connectivity index (χ4v) is 3.99. The van der Waals surface area contributed by atoms with Gasteiger partial charge in [0, 0.05) is 32.1 Å². The average Bonchev–Trinajstić information content (AvgIpc) is 3.10. The summed E-state index contributed by atoms with van der Waals surface area (Å²) in [6, 6.07) is 6.45. The van der Waals surface area contributed by atoms with Crippen LogP contribution in [0.1, 0.15) is 24.5 Å². The van der Waals surface area contributed by atoms with Crippen LogP contribution in [0, 0.1) is 11.8 Å². The Kier molecular flexibility index (Phi) is 5.83. The maximum atomic E-state index is 13.1. The van der Waals surface area contributed by atoms with Crippen LogP contribution >= 0.6 is 0 Å². The summed E-state index contributed by atoms with van der Waals surface area (Å²) in [5.41, 5.74) is 7.66. The Morgan fingerprint density at radius 2 is 1.82 bits per heavy atom. The summed E-state index contributed by atoms with van der Waals surface area (Å²) in [4.78, 5) is 28.1. The van der Waals surface area contributed by atoms with Gasteiger partial charge in [0.05, 0.1) is 5.92 Å². The number of alkyl halides is 3. The van der Waals surface area contributed by atoms with Gasteiger partial charge < -0.3 is 20.9 Å². The molecule has 0 spiro atoms. The van der Waals surface area contributed by atoms with Crippen LogP contribution in [0.4, 0.5) is 18.0 Å². The predicted octanol–water partition coefficient (Wildman–Crippen LogP) is 2.09. The summed E-state index contributed by atoms with van der Waals surface area (Å²) >= 11 is 0. The number of hydrogen-bond acceptors (Lipinski definition) is 3. The van der Waals surface area contributed by atoms with Gasteiger partial charge in [-0.25, -0.2) is 4.79 Å². The molecule has 6 nitrogen and oxygen atoms in total. The third-order valence-corrected chi connectivity index (χ3v) is 5.61. The first-order valence-corrected chi connectivity index (χ1v) is 9.38. The number of carbonyl (C=O) groups excluding carboxylic acids is 2. The Hall–Kier alpha value is -2.29. The molecular weight excluding hydrogens is 373 g/mol. The number of nitrogens with one attached hydrogen (secondary N) is 1. The van der Waals surface area contributed by atoms with Gasteiger partial charge in [-0.1, -0.05) is 24.3 Å². The minimum atomic E-state index is -4.32. The van der Waals surface area contributed by atoms with Crippen LogP contribution in [0.2, 0.25) is 0 Å². The van der Waals surface area contributed by atoms with E-state index in [9.17, 15) is 22.8 Å². The molecule has 0 aliphatic carbocycles. The summed E-state index contributed by atoms with van der Waals surface area (Å²) in [6.45, 7) is 2.34. The van der Waals surface area contributed by atoms with Crippen molar-refractivity contribution in [3.05, 3.63) is 35.4 Å². The Morgan fingerprint density at radius 1 is 1.21 bits per heavy atom. The van der Waals surface area contributed by atoms with E-state index in [-0.39, 0.29) is 32.0 Å². The van der Waals surface area contributed by atoms with Crippen molar-refractivity contribution in [2.45, 2.75) is 38.7 Å². The number of nitrogens with two attached hydrogens (primary N) is 1. The quantitative estimate of drug-likeness (QED) is 0.818. The fraction of sp³-hybridized carbons (Fsp3) is 0.579. The van der Waals surface area contributed by atoms with E-state index in [1.165, 1.54) is 4.90 Å². The zero-order valence-electron chi connectivity index (χ0n) is 15.7. The van der Waals surface area contributed by atoms with Crippen molar-refractivity contribution in [1.82, 2.24) is 15.1 Å². The Bertz CT molecular complexity index is 715. The molecule has 9 heteroatoms. The van der Waals surface area contributed by atoms with E-state index in [0.717, 1.165) is 11.1 Å². The number of halogens is 3. The van der Waals surface area contributed by atoms with Gasteiger partial charge >= 0.3 is 12.2 Å². The lowest BCUT2D eigenvalue weighted by Crippen LogP contribution is -2.55. The number of amides is 3. The molecule has 3 rings (SSSR count). The van der Waals surface area contributed by atoms with Gasteiger partial charge in [0.15, 0.2) is 0 Å². The van der Waals surface area contributed by atoms with Crippen LogP contribution in [-0.4, -0.2) is 53.6 Å². The minimum Gasteiger partial charge on any atom is -0.332 e. The lowest BCUT2D eigenvalue weighted by molar-refractivity contribution is -0.197. The highest BCUT2D eigenvalue weighted by Gasteiger charge is 2.47. The summed E-state index contributed by atoms with van der Waals surface area (Å²) in [7, 11) is 0. The van der Waals surface area contributed by atoms with E-state index in [2.05, 4.69) is 5.32 Å². The van der Waals surface area contributed by atoms with E-state index in [0.29, 0.717) is 13.1 Å². The van der Waals surface area contributed by atoms with Gasteiger partial charge in [0.1, 0.15) is 6.04 Å². The molecule has 3 amide bonds. The number of benzene rings is 1. The molecule has 3 N–H and O–H groups in total. The van der Waals surface area contributed by atoms with Gasteiger partial charge in [-0.3, -0.25) is 4.79 Å². The largest absolute Gasteiger partial charge is 0.392 e. The van der Waals surface area contributed by atoms with Crippen LogP contribution in [0.5, 0.6) is 0 Å². The molecule has 0 bridgehead atoms. The van der Waals surface area contributed by atoms with Crippen molar-refractivity contribution in [3.63, 3.8) is 0 Å².